The highest BCUT2D eigenvalue weighted by atomic mass is 79.9. The zero-order valence-corrected chi connectivity index (χ0v) is 9.80. The number of nitrogens with one attached hydrogen (secondary N) is 1. The Bertz CT molecular complexity index is 419. The highest BCUT2D eigenvalue weighted by Crippen LogP contribution is 2.18. The average molecular weight is 261 g/mol. The fraction of sp³-hybridized carbons (Fsp3) is 0.556. The molecule has 4 nitrogen and oxygen atoms in total. The maximum atomic E-state index is 11.3. The van der Waals surface area contributed by atoms with Gasteiger partial charge in [-0.25, -0.2) is 4.68 Å². The Hall–Kier alpha value is -0.840. The lowest BCUT2D eigenvalue weighted by molar-refractivity contribution is 0.324. The standard InChI is InChI=1S/C9H13BrN2O2/c1-9(2,5-10)6-12-8(14)4-3-7(13)11-12/h3-4H,5-6H2,1-2H3,(H,11,13). The van der Waals surface area contributed by atoms with E-state index < -0.39 is 0 Å². The summed E-state index contributed by atoms with van der Waals surface area (Å²) >= 11 is 3.36. The molecule has 0 saturated heterocycles. The van der Waals surface area contributed by atoms with E-state index in [4.69, 9.17) is 0 Å². The van der Waals surface area contributed by atoms with Gasteiger partial charge in [-0.3, -0.25) is 14.7 Å². The Morgan fingerprint density at radius 1 is 1.43 bits per heavy atom. The maximum Gasteiger partial charge on any atom is 0.265 e. The third-order valence-electron chi connectivity index (χ3n) is 1.84. The molecule has 1 rings (SSSR count). The lowest BCUT2D eigenvalue weighted by Gasteiger charge is -2.21. The van der Waals surface area contributed by atoms with Crippen LogP contribution in [0.2, 0.25) is 0 Å². The fourth-order valence-corrected chi connectivity index (χ4v) is 1.23. The van der Waals surface area contributed by atoms with Crippen LogP contribution in [0.3, 0.4) is 0 Å². The van der Waals surface area contributed by atoms with Crippen molar-refractivity contribution in [3.8, 4) is 0 Å². The van der Waals surface area contributed by atoms with Crippen LogP contribution in [-0.2, 0) is 6.54 Å². The van der Waals surface area contributed by atoms with Gasteiger partial charge in [0.25, 0.3) is 11.1 Å². The summed E-state index contributed by atoms with van der Waals surface area (Å²) in [7, 11) is 0. The number of aromatic nitrogens is 2. The van der Waals surface area contributed by atoms with E-state index >= 15 is 0 Å². The minimum atomic E-state index is -0.255. The van der Waals surface area contributed by atoms with Crippen molar-refractivity contribution in [1.82, 2.24) is 9.78 Å². The molecule has 0 aliphatic carbocycles. The number of hydrogen-bond donors (Lipinski definition) is 1. The molecular weight excluding hydrogens is 248 g/mol. The Morgan fingerprint density at radius 2 is 2.07 bits per heavy atom. The van der Waals surface area contributed by atoms with Crippen molar-refractivity contribution in [3.63, 3.8) is 0 Å². The molecule has 0 fully saturated rings. The van der Waals surface area contributed by atoms with E-state index in [2.05, 4.69) is 21.0 Å². The Balaban J connectivity index is 3.03. The molecule has 1 aromatic rings. The van der Waals surface area contributed by atoms with Crippen LogP contribution in [0.15, 0.2) is 21.7 Å². The number of rotatable bonds is 3. The molecule has 0 atom stereocenters. The predicted molar refractivity (Wildman–Crippen MR) is 58.9 cm³/mol. The summed E-state index contributed by atoms with van der Waals surface area (Å²) in [5.41, 5.74) is -0.498. The van der Waals surface area contributed by atoms with Gasteiger partial charge in [0.05, 0.1) is 0 Å². The molecule has 78 valence electrons. The Morgan fingerprint density at radius 3 is 2.64 bits per heavy atom. The largest absolute Gasteiger partial charge is 0.268 e. The minimum absolute atomic E-state index is 0.0614. The van der Waals surface area contributed by atoms with Gasteiger partial charge in [0.2, 0.25) is 0 Å². The van der Waals surface area contributed by atoms with Gasteiger partial charge in [-0.05, 0) is 5.41 Å². The van der Waals surface area contributed by atoms with E-state index in [9.17, 15) is 9.59 Å². The van der Waals surface area contributed by atoms with Gasteiger partial charge >= 0.3 is 0 Å². The first kappa shape index (κ1) is 11.2. The van der Waals surface area contributed by atoms with Crippen molar-refractivity contribution >= 4 is 15.9 Å². The predicted octanol–water partition coefficient (Wildman–Crippen LogP) is 0.958. The van der Waals surface area contributed by atoms with Crippen molar-refractivity contribution in [2.75, 3.05) is 5.33 Å². The van der Waals surface area contributed by atoms with Crippen LogP contribution in [-0.4, -0.2) is 15.1 Å². The quantitative estimate of drug-likeness (QED) is 0.824. The van der Waals surface area contributed by atoms with Gasteiger partial charge in [0, 0.05) is 24.0 Å². The molecule has 0 spiro atoms. The molecule has 5 heteroatoms. The van der Waals surface area contributed by atoms with Crippen LogP contribution in [0.5, 0.6) is 0 Å². The van der Waals surface area contributed by atoms with Crippen LogP contribution >= 0.6 is 15.9 Å². The van der Waals surface area contributed by atoms with Crippen LogP contribution in [0.25, 0.3) is 0 Å². The monoisotopic (exact) mass is 260 g/mol. The molecule has 1 N–H and O–H groups in total. The smallest absolute Gasteiger partial charge is 0.265 e. The Kier molecular flexibility index (Phi) is 3.31. The third-order valence-corrected chi connectivity index (χ3v) is 3.35. The van der Waals surface area contributed by atoms with Crippen molar-refractivity contribution in [3.05, 3.63) is 32.8 Å². The third kappa shape index (κ3) is 2.83. The second-order valence-corrected chi connectivity index (χ2v) is 4.59. The van der Waals surface area contributed by atoms with Gasteiger partial charge in [0.15, 0.2) is 0 Å². The van der Waals surface area contributed by atoms with Crippen LogP contribution < -0.4 is 11.1 Å². The van der Waals surface area contributed by atoms with Crippen molar-refractivity contribution < 1.29 is 0 Å². The molecule has 0 bridgehead atoms. The highest BCUT2D eigenvalue weighted by molar-refractivity contribution is 9.09. The number of H-pyrrole nitrogens is 1. The first-order chi connectivity index (χ1) is 6.44. The Labute approximate surface area is 90.1 Å². The minimum Gasteiger partial charge on any atom is -0.268 e. The second-order valence-electron chi connectivity index (χ2n) is 4.03. The number of alkyl halides is 1. The first-order valence-corrected chi connectivity index (χ1v) is 5.43. The molecule has 0 aromatic carbocycles. The number of nitrogens with zero attached hydrogens (tertiary/aromatic N) is 1. The van der Waals surface area contributed by atoms with E-state index in [0.29, 0.717) is 6.54 Å². The van der Waals surface area contributed by atoms with Gasteiger partial charge in [-0.1, -0.05) is 29.8 Å². The molecule has 1 aromatic heterocycles. The maximum absolute atomic E-state index is 11.3. The van der Waals surface area contributed by atoms with E-state index in [1.807, 2.05) is 13.8 Å². The van der Waals surface area contributed by atoms with E-state index in [1.165, 1.54) is 16.8 Å². The lowest BCUT2D eigenvalue weighted by atomic mass is 9.97. The molecule has 0 radical (unpaired) electrons. The van der Waals surface area contributed by atoms with Gasteiger partial charge in [-0.15, -0.1) is 0 Å². The summed E-state index contributed by atoms with van der Waals surface area (Å²) in [5, 5.41) is 3.26. The SMILES string of the molecule is CC(C)(CBr)Cn1[nH]c(=O)ccc1=O. The average Bonchev–Trinajstić information content (AvgIpc) is 2.11. The molecule has 0 saturated carbocycles. The highest BCUT2D eigenvalue weighted by Gasteiger charge is 2.17. The number of hydrogen-bond acceptors (Lipinski definition) is 2. The zero-order chi connectivity index (χ0) is 10.8. The topological polar surface area (TPSA) is 54.9 Å². The fourth-order valence-electron chi connectivity index (χ4n) is 1.05. The van der Waals surface area contributed by atoms with Crippen molar-refractivity contribution in [2.45, 2.75) is 20.4 Å². The number of aromatic amines is 1. The summed E-state index contributed by atoms with van der Waals surface area (Å²) in [6.45, 7) is 4.52. The summed E-state index contributed by atoms with van der Waals surface area (Å²) in [4.78, 5) is 22.3. The van der Waals surface area contributed by atoms with E-state index in [-0.39, 0.29) is 16.5 Å². The lowest BCUT2D eigenvalue weighted by Crippen LogP contribution is -2.34. The number of halogens is 1. The molecule has 1 heterocycles. The second kappa shape index (κ2) is 4.13. The molecule has 0 aliphatic rings. The molecule has 0 unspecified atom stereocenters. The molecular formula is C9H13BrN2O2. The van der Waals surface area contributed by atoms with E-state index in [0.717, 1.165) is 5.33 Å². The van der Waals surface area contributed by atoms with Crippen LogP contribution in [0, 0.1) is 5.41 Å². The summed E-state index contributed by atoms with van der Waals surface area (Å²) in [6.07, 6.45) is 0. The van der Waals surface area contributed by atoms with Crippen LogP contribution in [0.1, 0.15) is 13.8 Å². The zero-order valence-electron chi connectivity index (χ0n) is 8.21. The van der Waals surface area contributed by atoms with Crippen molar-refractivity contribution in [2.24, 2.45) is 5.41 Å². The normalized spacial score (nSPS) is 11.6. The van der Waals surface area contributed by atoms with Crippen molar-refractivity contribution in [1.29, 1.82) is 0 Å². The first-order valence-electron chi connectivity index (χ1n) is 4.31. The van der Waals surface area contributed by atoms with Crippen LogP contribution in [0.4, 0.5) is 0 Å². The van der Waals surface area contributed by atoms with Gasteiger partial charge in [-0.2, -0.15) is 0 Å². The molecule has 0 aliphatic heterocycles. The molecule has 14 heavy (non-hydrogen) atoms. The summed E-state index contributed by atoms with van der Waals surface area (Å²) in [5.74, 6) is 0. The summed E-state index contributed by atoms with van der Waals surface area (Å²) < 4.78 is 1.34. The summed E-state index contributed by atoms with van der Waals surface area (Å²) in [6, 6.07) is 2.52. The van der Waals surface area contributed by atoms with Gasteiger partial charge < -0.3 is 0 Å². The van der Waals surface area contributed by atoms with Gasteiger partial charge in [0.1, 0.15) is 0 Å². The van der Waals surface area contributed by atoms with E-state index in [1.54, 1.807) is 0 Å². The molecule has 0 amide bonds.